The minimum Gasteiger partial charge on any atom is -0.492 e. The highest BCUT2D eigenvalue weighted by Gasteiger charge is 2.30. The average molecular weight is 469 g/mol. The minimum absolute atomic E-state index is 0.113. The molecule has 2 aromatic rings. The van der Waals surface area contributed by atoms with Crippen LogP contribution in [0.3, 0.4) is 0 Å². The molecule has 1 atom stereocenters. The molecule has 1 aliphatic carbocycles. The summed E-state index contributed by atoms with van der Waals surface area (Å²) in [5.41, 5.74) is 3.58. The van der Waals surface area contributed by atoms with Crippen molar-refractivity contribution in [1.29, 1.82) is 0 Å². The molecule has 3 rings (SSSR count). The average Bonchev–Trinajstić information content (AvgIpc) is 3.01. The molecule has 0 saturated carbocycles. The van der Waals surface area contributed by atoms with E-state index in [9.17, 15) is 14.4 Å². The van der Waals surface area contributed by atoms with Crippen molar-refractivity contribution < 1.29 is 23.8 Å². The molecule has 0 spiro atoms. The maximum absolute atomic E-state index is 12.7. The molecule has 0 aromatic heterocycles. The number of fused-ring (bicyclic) bond motifs is 3. The summed E-state index contributed by atoms with van der Waals surface area (Å²) in [4.78, 5) is 39.0. The molecule has 0 radical (unpaired) electrons. The lowest BCUT2D eigenvalue weighted by Gasteiger charge is -2.20. The molecule has 1 aliphatic rings. The Kier molecular flexibility index (Phi) is 7.94. The van der Waals surface area contributed by atoms with Gasteiger partial charge in [0.25, 0.3) is 0 Å². The van der Waals surface area contributed by atoms with Gasteiger partial charge < -0.3 is 24.4 Å². The summed E-state index contributed by atoms with van der Waals surface area (Å²) in [7, 11) is 6.79. The van der Waals surface area contributed by atoms with E-state index in [1.54, 1.807) is 25.1 Å². The number of methoxy groups -OCH3 is 2. The van der Waals surface area contributed by atoms with E-state index in [0.717, 1.165) is 16.7 Å². The fourth-order valence-electron chi connectivity index (χ4n) is 4.20. The second-order valence-corrected chi connectivity index (χ2v) is 8.69. The van der Waals surface area contributed by atoms with Gasteiger partial charge in [-0.3, -0.25) is 14.4 Å². The van der Waals surface area contributed by atoms with Crippen molar-refractivity contribution in [3.8, 4) is 28.4 Å². The van der Waals surface area contributed by atoms with Gasteiger partial charge in [-0.2, -0.15) is 0 Å². The van der Waals surface area contributed by atoms with E-state index >= 15 is 0 Å². The van der Waals surface area contributed by atoms with Gasteiger partial charge in [0.05, 0.1) is 26.7 Å². The predicted molar refractivity (Wildman–Crippen MR) is 130 cm³/mol. The first kappa shape index (κ1) is 25.2. The van der Waals surface area contributed by atoms with Crippen LogP contribution >= 0.6 is 0 Å². The zero-order valence-electron chi connectivity index (χ0n) is 20.6. The van der Waals surface area contributed by atoms with Crippen LogP contribution in [0.1, 0.15) is 42.5 Å². The standard InChI is InChI=1S/C26H32N2O6/c1-15-7-9-18-19(14-21(15)30)20(27-16(2)29)10-8-17-13-22(34-23(31)11-12-28(3)4)25(32-5)26(33-6)24(17)18/h7,9,13-14,20H,8,10-12H2,1-6H3,(H,27,29). The van der Waals surface area contributed by atoms with Crippen molar-refractivity contribution in [2.75, 3.05) is 34.9 Å². The molecule has 8 heteroatoms. The fourth-order valence-corrected chi connectivity index (χ4v) is 4.20. The van der Waals surface area contributed by atoms with Crippen LogP contribution in [0.4, 0.5) is 0 Å². The van der Waals surface area contributed by atoms with Crippen LogP contribution in [0.25, 0.3) is 11.1 Å². The van der Waals surface area contributed by atoms with Crippen molar-refractivity contribution in [3.63, 3.8) is 0 Å². The Bertz CT molecular complexity index is 1160. The Morgan fingerprint density at radius 1 is 1.12 bits per heavy atom. The molecule has 34 heavy (non-hydrogen) atoms. The molecule has 1 N–H and O–H groups in total. The Morgan fingerprint density at radius 3 is 2.44 bits per heavy atom. The largest absolute Gasteiger partial charge is 0.492 e. The highest BCUT2D eigenvalue weighted by molar-refractivity contribution is 5.84. The number of nitrogens with zero attached hydrogens (tertiary/aromatic N) is 1. The number of hydrogen-bond donors (Lipinski definition) is 1. The smallest absolute Gasteiger partial charge is 0.312 e. The molecule has 0 saturated heterocycles. The number of ether oxygens (including phenoxy) is 3. The van der Waals surface area contributed by atoms with Gasteiger partial charge in [-0.15, -0.1) is 0 Å². The summed E-state index contributed by atoms with van der Waals surface area (Å²) < 4.78 is 17.1. The van der Waals surface area contributed by atoms with Gasteiger partial charge in [-0.05, 0) is 68.2 Å². The van der Waals surface area contributed by atoms with Crippen molar-refractivity contribution in [1.82, 2.24) is 10.2 Å². The van der Waals surface area contributed by atoms with E-state index in [4.69, 9.17) is 14.2 Å². The number of rotatable bonds is 7. The van der Waals surface area contributed by atoms with E-state index in [2.05, 4.69) is 5.32 Å². The van der Waals surface area contributed by atoms with Crippen LogP contribution in [0, 0.1) is 6.92 Å². The second-order valence-electron chi connectivity index (χ2n) is 8.69. The number of benzene rings is 1. The molecule has 182 valence electrons. The van der Waals surface area contributed by atoms with Gasteiger partial charge in [0.1, 0.15) is 0 Å². The lowest BCUT2D eigenvalue weighted by atomic mass is 9.95. The molecule has 0 bridgehead atoms. The molecule has 0 aliphatic heterocycles. The summed E-state index contributed by atoms with van der Waals surface area (Å²) in [6.45, 7) is 3.77. The normalized spacial score (nSPS) is 14.5. The number of nitrogens with one attached hydrogen (secondary N) is 1. The molecule has 8 nitrogen and oxygen atoms in total. The van der Waals surface area contributed by atoms with Crippen LogP contribution in [0.5, 0.6) is 17.2 Å². The Balaban J connectivity index is 2.23. The molecule has 0 fully saturated rings. The van der Waals surface area contributed by atoms with Gasteiger partial charge in [-0.25, -0.2) is 0 Å². The number of amides is 1. The van der Waals surface area contributed by atoms with Gasteiger partial charge in [0, 0.05) is 19.0 Å². The first-order valence-electron chi connectivity index (χ1n) is 11.2. The maximum Gasteiger partial charge on any atom is 0.312 e. The minimum atomic E-state index is -0.378. The third kappa shape index (κ3) is 5.39. The molecular formula is C26H32N2O6. The number of carbonyl (C=O) groups excluding carboxylic acids is 2. The van der Waals surface area contributed by atoms with Gasteiger partial charge >= 0.3 is 5.97 Å². The van der Waals surface area contributed by atoms with Crippen molar-refractivity contribution >= 4 is 11.9 Å². The van der Waals surface area contributed by atoms with Crippen molar-refractivity contribution in [2.45, 2.75) is 39.2 Å². The number of esters is 1. The fraction of sp³-hybridized carbons (Fsp3) is 0.423. The third-order valence-corrected chi connectivity index (χ3v) is 5.89. The van der Waals surface area contributed by atoms with Crippen LogP contribution in [-0.2, 0) is 16.0 Å². The van der Waals surface area contributed by atoms with E-state index in [-0.39, 0.29) is 35.5 Å². The summed E-state index contributed by atoms with van der Waals surface area (Å²) in [6, 6.07) is 6.66. The van der Waals surface area contributed by atoms with Gasteiger partial charge in [0.2, 0.25) is 11.7 Å². The molecule has 2 aromatic carbocycles. The zero-order chi connectivity index (χ0) is 25.0. The summed E-state index contributed by atoms with van der Waals surface area (Å²) in [6.07, 6.45) is 1.35. The molecule has 0 heterocycles. The van der Waals surface area contributed by atoms with E-state index in [1.807, 2.05) is 25.1 Å². The Hall–Kier alpha value is -3.39. The first-order chi connectivity index (χ1) is 16.2. The summed E-state index contributed by atoms with van der Waals surface area (Å²) >= 11 is 0. The third-order valence-electron chi connectivity index (χ3n) is 5.89. The number of aryl methyl sites for hydroxylation is 2. The SMILES string of the molecule is COc1c(OC(=O)CCN(C)C)cc2c(c1OC)-c1ccc(C)c(=O)cc1C(NC(C)=O)CC2. The van der Waals surface area contributed by atoms with Gasteiger partial charge in [-0.1, -0.05) is 12.1 Å². The zero-order valence-corrected chi connectivity index (χ0v) is 20.6. The molecular weight excluding hydrogens is 436 g/mol. The maximum atomic E-state index is 12.7. The van der Waals surface area contributed by atoms with Gasteiger partial charge in [0.15, 0.2) is 16.9 Å². The second kappa shape index (κ2) is 10.7. The topological polar surface area (TPSA) is 94.2 Å². The quantitative estimate of drug-likeness (QED) is 0.493. The molecule has 1 amide bonds. The predicted octanol–water partition coefficient (Wildman–Crippen LogP) is 3.02. The lowest BCUT2D eigenvalue weighted by molar-refractivity contribution is -0.134. The highest BCUT2D eigenvalue weighted by Crippen LogP contribution is 2.50. The monoisotopic (exact) mass is 468 g/mol. The van der Waals surface area contributed by atoms with E-state index in [0.29, 0.717) is 42.0 Å². The van der Waals surface area contributed by atoms with Crippen molar-refractivity contribution in [2.24, 2.45) is 0 Å². The number of carbonyl (C=O) groups is 2. The first-order valence-corrected chi connectivity index (χ1v) is 11.2. The highest BCUT2D eigenvalue weighted by atomic mass is 16.6. The van der Waals surface area contributed by atoms with Crippen LogP contribution in [0.15, 0.2) is 29.1 Å². The Labute approximate surface area is 199 Å². The lowest BCUT2D eigenvalue weighted by Crippen LogP contribution is -2.26. The number of hydrogen-bond acceptors (Lipinski definition) is 7. The van der Waals surface area contributed by atoms with Crippen LogP contribution in [-0.4, -0.2) is 51.6 Å². The summed E-state index contributed by atoms with van der Waals surface area (Å²) in [5.74, 6) is 0.433. The Morgan fingerprint density at radius 2 is 1.82 bits per heavy atom. The van der Waals surface area contributed by atoms with Crippen LogP contribution in [0.2, 0.25) is 0 Å². The van der Waals surface area contributed by atoms with E-state index < -0.39 is 0 Å². The molecule has 1 unspecified atom stereocenters. The van der Waals surface area contributed by atoms with E-state index in [1.165, 1.54) is 21.1 Å². The van der Waals surface area contributed by atoms with Crippen LogP contribution < -0.4 is 25.0 Å². The summed E-state index contributed by atoms with van der Waals surface area (Å²) in [5, 5.41) is 2.97. The van der Waals surface area contributed by atoms with Crippen molar-refractivity contribution in [3.05, 3.63) is 51.2 Å².